The summed E-state index contributed by atoms with van der Waals surface area (Å²) in [5.41, 5.74) is 0.211. The van der Waals surface area contributed by atoms with E-state index in [9.17, 15) is 18.8 Å². The SMILES string of the molecule is CCCn1c(=O)[nH]c(=O)c2c(C(=O)Nc3ccc(C)cc3F)cc(C(C)C)nc21. The minimum Gasteiger partial charge on any atom is -0.319 e. The maximum absolute atomic E-state index is 14.2. The number of aryl methyl sites for hydroxylation is 2. The zero-order valence-electron chi connectivity index (χ0n) is 16.8. The summed E-state index contributed by atoms with van der Waals surface area (Å²) in [5, 5.41) is 2.53. The predicted octanol–water partition coefficient (Wildman–Crippen LogP) is 3.32. The standard InChI is InChI=1S/C21H23FN4O3/c1-5-8-26-18-17(20(28)25-21(26)29)13(10-16(23-18)11(2)3)19(27)24-15-7-6-12(4)9-14(15)22/h6-7,9-11H,5,8H2,1-4H3,(H,24,27)(H,25,28,29). The number of anilines is 1. The zero-order chi connectivity index (χ0) is 21.3. The Balaban J connectivity index is 2.25. The summed E-state index contributed by atoms with van der Waals surface area (Å²) in [6.45, 7) is 7.76. The molecule has 0 unspecified atom stereocenters. The quantitative estimate of drug-likeness (QED) is 0.689. The van der Waals surface area contributed by atoms with Gasteiger partial charge in [-0.25, -0.2) is 14.2 Å². The van der Waals surface area contributed by atoms with E-state index in [1.54, 1.807) is 13.0 Å². The average molecular weight is 398 g/mol. The number of aromatic nitrogens is 3. The number of nitrogens with zero attached hydrogens (tertiary/aromatic N) is 2. The number of fused-ring (bicyclic) bond motifs is 1. The molecular formula is C21H23FN4O3. The molecule has 3 rings (SSSR count). The monoisotopic (exact) mass is 398 g/mol. The van der Waals surface area contributed by atoms with Gasteiger partial charge in [-0.3, -0.25) is 19.1 Å². The average Bonchev–Trinajstić information content (AvgIpc) is 2.66. The summed E-state index contributed by atoms with van der Waals surface area (Å²) in [7, 11) is 0. The van der Waals surface area contributed by atoms with Crippen molar-refractivity contribution in [3.05, 3.63) is 67.7 Å². The Kier molecular flexibility index (Phi) is 5.63. The van der Waals surface area contributed by atoms with Gasteiger partial charge in [-0.1, -0.05) is 26.8 Å². The first-order valence-electron chi connectivity index (χ1n) is 9.48. The van der Waals surface area contributed by atoms with Crippen molar-refractivity contribution in [2.45, 2.75) is 46.6 Å². The van der Waals surface area contributed by atoms with Crippen molar-refractivity contribution in [1.82, 2.24) is 14.5 Å². The van der Waals surface area contributed by atoms with Crippen LogP contribution < -0.4 is 16.6 Å². The molecule has 0 aliphatic rings. The molecule has 2 heterocycles. The second-order valence-electron chi connectivity index (χ2n) is 7.30. The van der Waals surface area contributed by atoms with E-state index >= 15 is 0 Å². The molecule has 29 heavy (non-hydrogen) atoms. The lowest BCUT2D eigenvalue weighted by Gasteiger charge is -2.15. The van der Waals surface area contributed by atoms with E-state index in [0.29, 0.717) is 18.7 Å². The molecule has 2 N–H and O–H groups in total. The molecule has 0 fully saturated rings. The summed E-state index contributed by atoms with van der Waals surface area (Å²) in [6.07, 6.45) is 0.644. The Bertz CT molecular complexity index is 1210. The van der Waals surface area contributed by atoms with Crippen LogP contribution in [0.4, 0.5) is 10.1 Å². The number of carbonyl (C=O) groups is 1. The normalized spacial score (nSPS) is 11.2. The molecule has 0 aliphatic heterocycles. The molecule has 0 saturated carbocycles. The van der Waals surface area contributed by atoms with Gasteiger partial charge in [0.2, 0.25) is 0 Å². The lowest BCUT2D eigenvalue weighted by Crippen LogP contribution is -2.32. The van der Waals surface area contributed by atoms with Gasteiger partial charge in [0, 0.05) is 12.2 Å². The Morgan fingerprint density at radius 2 is 2.00 bits per heavy atom. The van der Waals surface area contributed by atoms with E-state index in [1.807, 2.05) is 20.8 Å². The Labute approximate surface area is 166 Å². The van der Waals surface area contributed by atoms with Gasteiger partial charge in [0.15, 0.2) is 5.65 Å². The number of amides is 1. The lowest BCUT2D eigenvalue weighted by atomic mass is 10.0. The first kappa shape index (κ1) is 20.4. The van der Waals surface area contributed by atoms with Gasteiger partial charge in [-0.05, 0) is 43.0 Å². The number of hydrogen-bond donors (Lipinski definition) is 2. The molecule has 0 spiro atoms. The molecule has 7 nitrogen and oxygen atoms in total. The number of carbonyl (C=O) groups excluding carboxylic acids is 1. The number of aromatic amines is 1. The minimum absolute atomic E-state index is 0.00692. The van der Waals surface area contributed by atoms with Crippen LogP contribution in [0.3, 0.4) is 0 Å². The minimum atomic E-state index is -0.699. The topological polar surface area (TPSA) is 96.9 Å². The summed E-state index contributed by atoms with van der Waals surface area (Å²) in [4.78, 5) is 44.6. The fourth-order valence-electron chi connectivity index (χ4n) is 3.11. The number of benzene rings is 1. The first-order chi connectivity index (χ1) is 13.7. The number of H-pyrrole nitrogens is 1. The molecule has 0 radical (unpaired) electrons. The zero-order valence-corrected chi connectivity index (χ0v) is 16.8. The fourth-order valence-corrected chi connectivity index (χ4v) is 3.11. The predicted molar refractivity (Wildman–Crippen MR) is 110 cm³/mol. The number of pyridine rings is 1. The third kappa shape index (κ3) is 3.96. The molecule has 152 valence electrons. The maximum Gasteiger partial charge on any atom is 0.329 e. The molecular weight excluding hydrogens is 375 g/mol. The van der Waals surface area contributed by atoms with Gasteiger partial charge >= 0.3 is 5.69 Å². The molecule has 0 bridgehead atoms. The van der Waals surface area contributed by atoms with E-state index < -0.39 is 23.0 Å². The van der Waals surface area contributed by atoms with E-state index in [4.69, 9.17) is 0 Å². The summed E-state index contributed by atoms with van der Waals surface area (Å²) >= 11 is 0. The van der Waals surface area contributed by atoms with E-state index in [-0.39, 0.29) is 28.2 Å². The van der Waals surface area contributed by atoms with Gasteiger partial charge in [-0.15, -0.1) is 0 Å². The maximum atomic E-state index is 14.2. The van der Waals surface area contributed by atoms with Crippen LogP contribution in [0.2, 0.25) is 0 Å². The van der Waals surface area contributed by atoms with Gasteiger partial charge < -0.3 is 5.32 Å². The number of nitrogens with one attached hydrogen (secondary N) is 2. The Hall–Kier alpha value is -3.29. The number of halogens is 1. The molecule has 2 aromatic heterocycles. The summed E-state index contributed by atoms with van der Waals surface area (Å²) < 4.78 is 15.6. The van der Waals surface area contributed by atoms with Crippen molar-refractivity contribution in [1.29, 1.82) is 0 Å². The fraction of sp³-hybridized carbons (Fsp3) is 0.333. The van der Waals surface area contributed by atoms with Crippen molar-refractivity contribution in [3.8, 4) is 0 Å². The molecule has 0 atom stereocenters. The second kappa shape index (κ2) is 7.98. The van der Waals surface area contributed by atoms with Gasteiger partial charge in [0.05, 0.1) is 16.6 Å². The highest BCUT2D eigenvalue weighted by atomic mass is 19.1. The van der Waals surface area contributed by atoms with Crippen LogP contribution in [-0.2, 0) is 6.54 Å². The molecule has 8 heteroatoms. The number of hydrogen-bond acceptors (Lipinski definition) is 4. The molecule has 0 aliphatic carbocycles. The van der Waals surface area contributed by atoms with Crippen LogP contribution in [0, 0.1) is 12.7 Å². The lowest BCUT2D eigenvalue weighted by molar-refractivity contribution is 0.102. The van der Waals surface area contributed by atoms with Gasteiger partial charge in [0.25, 0.3) is 11.5 Å². The van der Waals surface area contributed by atoms with Crippen LogP contribution in [0.25, 0.3) is 11.0 Å². The molecule has 1 aromatic carbocycles. The Morgan fingerprint density at radius 1 is 1.28 bits per heavy atom. The van der Waals surface area contributed by atoms with Crippen LogP contribution in [-0.4, -0.2) is 20.4 Å². The van der Waals surface area contributed by atoms with E-state index in [1.165, 1.54) is 22.8 Å². The highest BCUT2D eigenvalue weighted by molar-refractivity contribution is 6.11. The Morgan fingerprint density at radius 3 is 2.62 bits per heavy atom. The van der Waals surface area contributed by atoms with Crippen molar-refractivity contribution < 1.29 is 9.18 Å². The van der Waals surface area contributed by atoms with Crippen LogP contribution in [0.1, 0.15) is 54.7 Å². The third-order valence-electron chi connectivity index (χ3n) is 4.62. The van der Waals surface area contributed by atoms with E-state index in [2.05, 4.69) is 15.3 Å². The molecule has 1 amide bonds. The first-order valence-corrected chi connectivity index (χ1v) is 9.48. The smallest absolute Gasteiger partial charge is 0.319 e. The highest BCUT2D eigenvalue weighted by Gasteiger charge is 2.21. The highest BCUT2D eigenvalue weighted by Crippen LogP contribution is 2.22. The van der Waals surface area contributed by atoms with E-state index in [0.717, 1.165) is 5.56 Å². The van der Waals surface area contributed by atoms with Crippen LogP contribution in [0.15, 0.2) is 33.9 Å². The van der Waals surface area contributed by atoms with Crippen molar-refractivity contribution in [2.75, 3.05) is 5.32 Å². The second-order valence-corrected chi connectivity index (χ2v) is 7.30. The third-order valence-corrected chi connectivity index (χ3v) is 4.62. The van der Waals surface area contributed by atoms with Crippen molar-refractivity contribution in [3.63, 3.8) is 0 Å². The molecule has 0 saturated heterocycles. The number of rotatable bonds is 5. The largest absolute Gasteiger partial charge is 0.329 e. The summed E-state index contributed by atoms with van der Waals surface area (Å²) in [6, 6.07) is 5.97. The van der Waals surface area contributed by atoms with Crippen molar-refractivity contribution in [2.24, 2.45) is 0 Å². The van der Waals surface area contributed by atoms with Crippen molar-refractivity contribution >= 4 is 22.6 Å². The summed E-state index contributed by atoms with van der Waals surface area (Å²) in [5.74, 6) is -1.27. The van der Waals surface area contributed by atoms with Gasteiger partial charge in [-0.2, -0.15) is 0 Å². The van der Waals surface area contributed by atoms with Gasteiger partial charge in [0.1, 0.15) is 5.82 Å². The van der Waals surface area contributed by atoms with Crippen LogP contribution >= 0.6 is 0 Å². The molecule has 3 aromatic rings. The van der Waals surface area contributed by atoms with Crippen LogP contribution in [0.5, 0.6) is 0 Å².